The Morgan fingerprint density at radius 3 is 2.40 bits per heavy atom. The Bertz CT molecular complexity index is 259. The Kier molecular flexibility index (Phi) is 5.52. The summed E-state index contributed by atoms with van der Waals surface area (Å²) in [6, 6.07) is 0. The van der Waals surface area contributed by atoms with E-state index in [-0.39, 0.29) is 5.75 Å². The van der Waals surface area contributed by atoms with E-state index in [2.05, 4.69) is 4.90 Å². The fourth-order valence-electron chi connectivity index (χ4n) is 1.62. The van der Waals surface area contributed by atoms with E-state index in [0.717, 1.165) is 45.7 Å². The predicted molar refractivity (Wildman–Crippen MR) is 55.7 cm³/mol. The second-order valence-electron chi connectivity index (χ2n) is 3.78. The van der Waals surface area contributed by atoms with E-state index in [1.807, 2.05) is 0 Å². The third-order valence-electron chi connectivity index (χ3n) is 2.47. The molecule has 0 spiro atoms. The van der Waals surface area contributed by atoms with Crippen molar-refractivity contribution in [1.82, 2.24) is 4.90 Å². The third-order valence-corrected chi connectivity index (χ3v) is 3.26. The highest BCUT2D eigenvalue weighted by Gasteiger charge is 2.08. The largest absolute Gasteiger partial charge is 0.748 e. The minimum atomic E-state index is -4.01. The van der Waals surface area contributed by atoms with Crippen molar-refractivity contribution in [3.8, 4) is 0 Å². The fourth-order valence-corrected chi connectivity index (χ4v) is 2.17. The molecule has 0 atom stereocenters. The topological polar surface area (TPSA) is 69.7 Å². The van der Waals surface area contributed by atoms with E-state index in [1.165, 1.54) is 0 Å². The molecular weight excluding hydrogens is 218 g/mol. The molecule has 0 unspecified atom stereocenters. The Labute approximate surface area is 91.2 Å². The van der Waals surface area contributed by atoms with Crippen molar-refractivity contribution in [2.24, 2.45) is 0 Å². The SMILES string of the molecule is O=S(=O)([O-])CCCCCN1CCOCC1. The van der Waals surface area contributed by atoms with Crippen molar-refractivity contribution >= 4 is 10.1 Å². The van der Waals surface area contributed by atoms with Gasteiger partial charge >= 0.3 is 0 Å². The average molecular weight is 236 g/mol. The van der Waals surface area contributed by atoms with Gasteiger partial charge in [-0.3, -0.25) is 4.90 Å². The summed E-state index contributed by atoms with van der Waals surface area (Å²) in [6.45, 7) is 4.46. The van der Waals surface area contributed by atoms with Gasteiger partial charge in [-0.05, 0) is 19.4 Å². The highest BCUT2D eigenvalue weighted by Crippen LogP contribution is 2.03. The van der Waals surface area contributed by atoms with E-state index < -0.39 is 10.1 Å². The van der Waals surface area contributed by atoms with Crippen LogP contribution in [0.4, 0.5) is 0 Å². The van der Waals surface area contributed by atoms with Gasteiger partial charge in [0.2, 0.25) is 0 Å². The fraction of sp³-hybridized carbons (Fsp3) is 1.00. The van der Waals surface area contributed by atoms with Gasteiger partial charge in [-0.25, -0.2) is 8.42 Å². The number of unbranched alkanes of at least 4 members (excludes halogenated alkanes) is 2. The Balaban J connectivity index is 1.96. The van der Waals surface area contributed by atoms with Crippen LogP contribution >= 0.6 is 0 Å². The first-order chi connectivity index (χ1) is 7.08. The lowest BCUT2D eigenvalue weighted by Gasteiger charge is -2.26. The van der Waals surface area contributed by atoms with E-state index in [0.29, 0.717) is 6.42 Å². The molecule has 0 amide bonds. The monoisotopic (exact) mass is 236 g/mol. The van der Waals surface area contributed by atoms with Gasteiger partial charge in [0.25, 0.3) is 0 Å². The Morgan fingerprint density at radius 2 is 1.80 bits per heavy atom. The van der Waals surface area contributed by atoms with Crippen molar-refractivity contribution in [2.75, 3.05) is 38.6 Å². The number of morpholine rings is 1. The van der Waals surface area contributed by atoms with Crippen LogP contribution in [0.2, 0.25) is 0 Å². The van der Waals surface area contributed by atoms with E-state index in [1.54, 1.807) is 0 Å². The van der Waals surface area contributed by atoms with Gasteiger partial charge < -0.3 is 9.29 Å². The summed E-state index contributed by atoms with van der Waals surface area (Å²) in [5.74, 6) is -0.226. The number of ether oxygens (including phenoxy) is 1. The number of hydrogen-bond donors (Lipinski definition) is 0. The molecule has 0 aromatic rings. The first-order valence-electron chi connectivity index (χ1n) is 5.31. The second kappa shape index (κ2) is 6.42. The van der Waals surface area contributed by atoms with Crippen LogP contribution < -0.4 is 0 Å². The smallest absolute Gasteiger partial charge is 0.0945 e. The van der Waals surface area contributed by atoms with Crippen LogP contribution in [0.1, 0.15) is 19.3 Å². The van der Waals surface area contributed by atoms with Gasteiger partial charge in [-0.1, -0.05) is 6.42 Å². The molecule has 0 aromatic carbocycles. The first-order valence-corrected chi connectivity index (χ1v) is 6.89. The molecule has 1 aliphatic heterocycles. The van der Waals surface area contributed by atoms with Gasteiger partial charge in [-0.15, -0.1) is 0 Å². The maximum absolute atomic E-state index is 10.3. The zero-order valence-corrected chi connectivity index (χ0v) is 9.67. The van der Waals surface area contributed by atoms with Crippen molar-refractivity contribution < 1.29 is 17.7 Å². The molecule has 5 nitrogen and oxygen atoms in total. The van der Waals surface area contributed by atoms with Crippen LogP contribution in [0.3, 0.4) is 0 Å². The van der Waals surface area contributed by atoms with Crippen LogP contribution in [0.25, 0.3) is 0 Å². The van der Waals surface area contributed by atoms with E-state index in [4.69, 9.17) is 4.74 Å². The summed E-state index contributed by atoms with van der Waals surface area (Å²) in [5.41, 5.74) is 0. The van der Waals surface area contributed by atoms with Gasteiger partial charge in [0, 0.05) is 18.8 Å². The van der Waals surface area contributed by atoms with Gasteiger partial charge in [0.05, 0.1) is 23.3 Å². The van der Waals surface area contributed by atoms with Crippen molar-refractivity contribution in [3.63, 3.8) is 0 Å². The molecule has 0 aliphatic carbocycles. The quantitative estimate of drug-likeness (QED) is 0.481. The zero-order chi connectivity index (χ0) is 11.1. The van der Waals surface area contributed by atoms with Crippen molar-refractivity contribution in [1.29, 1.82) is 0 Å². The molecule has 0 aromatic heterocycles. The summed E-state index contributed by atoms with van der Waals surface area (Å²) in [4.78, 5) is 2.30. The molecule has 0 saturated carbocycles. The predicted octanol–water partition coefficient (Wildman–Crippen LogP) is 0.0341. The maximum atomic E-state index is 10.3. The normalized spacial score (nSPS) is 19.3. The van der Waals surface area contributed by atoms with E-state index >= 15 is 0 Å². The highest BCUT2D eigenvalue weighted by atomic mass is 32.2. The standard InChI is InChI=1S/C9H19NO4S/c11-15(12,13)9-3-1-2-4-10-5-7-14-8-6-10/h1-9H2,(H,11,12,13)/p-1. The third kappa shape index (κ3) is 6.83. The average Bonchev–Trinajstić information content (AvgIpc) is 2.17. The molecule has 0 radical (unpaired) electrons. The molecular formula is C9H18NO4S-. The molecule has 0 bridgehead atoms. The Morgan fingerprint density at radius 1 is 1.13 bits per heavy atom. The minimum Gasteiger partial charge on any atom is -0.748 e. The number of hydrogen-bond acceptors (Lipinski definition) is 5. The molecule has 6 heteroatoms. The minimum absolute atomic E-state index is 0.226. The molecule has 15 heavy (non-hydrogen) atoms. The van der Waals surface area contributed by atoms with Crippen LogP contribution in [-0.2, 0) is 14.9 Å². The maximum Gasteiger partial charge on any atom is 0.0945 e. The van der Waals surface area contributed by atoms with Crippen molar-refractivity contribution in [3.05, 3.63) is 0 Å². The van der Waals surface area contributed by atoms with Crippen LogP contribution in [0, 0.1) is 0 Å². The zero-order valence-electron chi connectivity index (χ0n) is 8.85. The lowest BCUT2D eigenvalue weighted by Crippen LogP contribution is -2.36. The lowest BCUT2D eigenvalue weighted by atomic mass is 10.2. The van der Waals surface area contributed by atoms with Gasteiger partial charge in [0.15, 0.2) is 0 Å². The van der Waals surface area contributed by atoms with Gasteiger partial charge in [-0.2, -0.15) is 0 Å². The molecule has 1 aliphatic rings. The molecule has 1 fully saturated rings. The van der Waals surface area contributed by atoms with Crippen LogP contribution in [0.15, 0.2) is 0 Å². The summed E-state index contributed by atoms with van der Waals surface area (Å²) in [7, 11) is -4.01. The summed E-state index contributed by atoms with van der Waals surface area (Å²) < 4.78 is 36.2. The molecule has 0 N–H and O–H groups in total. The van der Waals surface area contributed by atoms with Gasteiger partial charge in [0.1, 0.15) is 0 Å². The lowest BCUT2D eigenvalue weighted by molar-refractivity contribution is 0.0372. The first kappa shape index (κ1) is 12.9. The number of nitrogens with zero attached hydrogens (tertiary/aromatic N) is 1. The Hall–Kier alpha value is -0.170. The van der Waals surface area contributed by atoms with Crippen LogP contribution in [-0.4, -0.2) is 56.5 Å². The summed E-state index contributed by atoms with van der Waals surface area (Å²) in [5, 5.41) is 0. The molecule has 1 rings (SSSR count). The van der Waals surface area contributed by atoms with Crippen LogP contribution in [0.5, 0.6) is 0 Å². The second-order valence-corrected chi connectivity index (χ2v) is 5.30. The van der Waals surface area contributed by atoms with E-state index in [9.17, 15) is 13.0 Å². The van der Waals surface area contributed by atoms with Crippen molar-refractivity contribution in [2.45, 2.75) is 19.3 Å². The number of rotatable bonds is 6. The summed E-state index contributed by atoms with van der Waals surface area (Å²) in [6.07, 6.45) is 2.24. The molecule has 90 valence electrons. The highest BCUT2D eigenvalue weighted by molar-refractivity contribution is 7.85. The molecule has 1 heterocycles. The molecule has 1 saturated heterocycles. The summed E-state index contributed by atoms with van der Waals surface area (Å²) >= 11 is 0.